The van der Waals surface area contributed by atoms with Crippen molar-refractivity contribution in [2.75, 3.05) is 39.4 Å². The smallest absolute Gasteiger partial charge is 0.263 e. The van der Waals surface area contributed by atoms with Crippen LogP contribution in [0.2, 0.25) is 0 Å². The normalized spacial score (nSPS) is 22.9. The molecule has 1 atom stereocenters. The Kier molecular flexibility index (Phi) is 5.37. The van der Waals surface area contributed by atoms with E-state index in [9.17, 15) is 9.59 Å². The zero-order valence-corrected chi connectivity index (χ0v) is 18.0. The Balaban J connectivity index is 1.31. The van der Waals surface area contributed by atoms with Gasteiger partial charge in [0, 0.05) is 32.6 Å². The zero-order valence-electron chi connectivity index (χ0n) is 17.2. The van der Waals surface area contributed by atoms with Crippen LogP contribution in [0.1, 0.15) is 52.4 Å². The van der Waals surface area contributed by atoms with E-state index in [1.54, 1.807) is 0 Å². The molecule has 0 N–H and O–H groups in total. The lowest BCUT2D eigenvalue weighted by Gasteiger charge is -2.40. The van der Waals surface area contributed by atoms with Crippen molar-refractivity contribution >= 4 is 23.2 Å². The molecule has 5 rings (SSSR count). The van der Waals surface area contributed by atoms with Gasteiger partial charge in [-0.25, -0.2) is 0 Å². The van der Waals surface area contributed by atoms with Gasteiger partial charge in [-0.3, -0.25) is 9.59 Å². The lowest BCUT2D eigenvalue weighted by Crippen LogP contribution is -2.44. The molecule has 30 heavy (non-hydrogen) atoms. The molecule has 6 heteroatoms. The second kappa shape index (κ2) is 8.16. The lowest BCUT2D eigenvalue weighted by molar-refractivity contribution is -0.135. The monoisotopic (exact) mass is 424 g/mol. The molecule has 5 nitrogen and oxygen atoms in total. The number of hydrogen-bond acceptors (Lipinski definition) is 4. The maximum atomic E-state index is 12.9. The van der Waals surface area contributed by atoms with Crippen LogP contribution in [-0.2, 0) is 14.9 Å². The molecule has 0 bridgehead atoms. The number of likely N-dealkylation sites (tertiary alicyclic amines) is 1. The fourth-order valence-electron chi connectivity index (χ4n) is 5.53. The highest BCUT2D eigenvalue weighted by atomic mass is 32.1. The van der Waals surface area contributed by atoms with Gasteiger partial charge in [0.1, 0.15) is 0 Å². The van der Waals surface area contributed by atoms with Crippen molar-refractivity contribution in [3.8, 4) is 0 Å². The van der Waals surface area contributed by atoms with Crippen molar-refractivity contribution in [2.45, 2.75) is 37.0 Å². The van der Waals surface area contributed by atoms with E-state index in [0.29, 0.717) is 32.7 Å². The predicted molar refractivity (Wildman–Crippen MR) is 117 cm³/mol. The summed E-state index contributed by atoms with van der Waals surface area (Å²) in [4.78, 5) is 30.5. The van der Waals surface area contributed by atoms with Crippen LogP contribution in [0.25, 0.3) is 0 Å². The third-order valence-corrected chi connectivity index (χ3v) is 7.99. The molecule has 2 aliphatic heterocycles. The van der Waals surface area contributed by atoms with Gasteiger partial charge in [-0.1, -0.05) is 30.3 Å². The van der Waals surface area contributed by atoms with Crippen LogP contribution in [-0.4, -0.2) is 61.0 Å². The number of morpholine rings is 1. The minimum atomic E-state index is 0.0960. The fraction of sp³-hybridized carbons (Fsp3) is 0.500. The van der Waals surface area contributed by atoms with Crippen molar-refractivity contribution in [3.63, 3.8) is 0 Å². The highest BCUT2D eigenvalue weighted by molar-refractivity contribution is 7.12. The SMILES string of the molecule is O=C(C[C@H]1CC2(CCN(C(=O)c3cccs3)CC2)c2ccccc21)N1CCOCC1. The highest BCUT2D eigenvalue weighted by Crippen LogP contribution is 2.52. The molecule has 3 heterocycles. The van der Waals surface area contributed by atoms with Crippen LogP contribution in [0.4, 0.5) is 0 Å². The van der Waals surface area contributed by atoms with Crippen molar-refractivity contribution in [2.24, 2.45) is 0 Å². The van der Waals surface area contributed by atoms with Crippen molar-refractivity contribution in [1.29, 1.82) is 0 Å². The molecule has 1 aromatic heterocycles. The third kappa shape index (κ3) is 3.56. The second-order valence-electron chi connectivity index (χ2n) is 8.74. The quantitative estimate of drug-likeness (QED) is 0.756. The van der Waals surface area contributed by atoms with E-state index in [4.69, 9.17) is 4.74 Å². The molecule has 2 amide bonds. The number of piperidine rings is 1. The Morgan fingerprint density at radius 1 is 1.00 bits per heavy atom. The van der Waals surface area contributed by atoms with Crippen molar-refractivity contribution < 1.29 is 14.3 Å². The molecule has 1 aromatic carbocycles. The number of fused-ring (bicyclic) bond motifs is 2. The van der Waals surface area contributed by atoms with Crippen LogP contribution in [0, 0.1) is 0 Å². The number of amides is 2. The van der Waals surface area contributed by atoms with E-state index in [1.807, 2.05) is 27.3 Å². The first-order chi connectivity index (χ1) is 14.7. The molecule has 0 unspecified atom stereocenters. The van der Waals surface area contributed by atoms with E-state index in [0.717, 1.165) is 37.2 Å². The Hall–Kier alpha value is -2.18. The first-order valence-electron chi connectivity index (χ1n) is 10.9. The summed E-state index contributed by atoms with van der Waals surface area (Å²) in [5.41, 5.74) is 2.85. The fourth-order valence-corrected chi connectivity index (χ4v) is 6.22. The predicted octanol–water partition coefficient (Wildman–Crippen LogP) is 3.66. The van der Waals surface area contributed by atoms with Crippen LogP contribution < -0.4 is 0 Å². The van der Waals surface area contributed by atoms with Crippen LogP contribution in [0.15, 0.2) is 41.8 Å². The molecule has 1 spiro atoms. The molecule has 2 aromatic rings. The third-order valence-electron chi connectivity index (χ3n) is 7.13. The number of rotatable bonds is 3. The molecule has 2 saturated heterocycles. The van der Waals surface area contributed by atoms with Gasteiger partial charge < -0.3 is 14.5 Å². The molecule has 3 aliphatic rings. The zero-order chi connectivity index (χ0) is 20.6. The summed E-state index contributed by atoms with van der Waals surface area (Å²) in [6, 6.07) is 12.5. The minimum absolute atomic E-state index is 0.0960. The van der Waals surface area contributed by atoms with Gasteiger partial charge in [0.05, 0.1) is 18.1 Å². The van der Waals surface area contributed by atoms with Crippen molar-refractivity contribution in [3.05, 3.63) is 57.8 Å². The molecule has 0 saturated carbocycles. The van der Waals surface area contributed by atoms with Crippen LogP contribution in [0.3, 0.4) is 0 Å². The summed E-state index contributed by atoms with van der Waals surface area (Å²) in [6.45, 7) is 4.27. The van der Waals surface area contributed by atoms with Gasteiger partial charge in [0.2, 0.25) is 5.91 Å². The average molecular weight is 425 g/mol. The van der Waals surface area contributed by atoms with Crippen LogP contribution in [0.5, 0.6) is 0 Å². The number of thiophene rings is 1. The summed E-state index contributed by atoms with van der Waals surface area (Å²) >= 11 is 1.52. The Bertz CT molecular complexity index is 912. The van der Waals surface area contributed by atoms with Gasteiger partial charge in [-0.05, 0) is 53.2 Å². The number of nitrogens with zero attached hydrogens (tertiary/aromatic N) is 2. The molecule has 1 aliphatic carbocycles. The van der Waals surface area contributed by atoms with E-state index in [-0.39, 0.29) is 23.1 Å². The van der Waals surface area contributed by atoms with Gasteiger partial charge in [-0.2, -0.15) is 0 Å². The topological polar surface area (TPSA) is 49.9 Å². The van der Waals surface area contributed by atoms with Crippen molar-refractivity contribution in [1.82, 2.24) is 9.80 Å². The second-order valence-corrected chi connectivity index (χ2v) is 9.68. The van der Waals surface area contributed by atoms with E-state index < -0.39 is 0 Å². The first kappa shape index (κ1) is 19.8. The van der Waals surface area contributed by atoms with E-state index >= 15 is 0 Å². The highest BCUT2D eigenvalue weighted by Gasteiger charge is 2.46. The maximum Gasteiger partial charge on any atom is 0.263 e. The summed E-state index contributed by atoms with van der Waals surface area (Å²) in [5.74, 6) is 0.682. The Labute approximate surface area is 181 Å². The summed E-state index contributed by atoms with van der Waals surface area (Å²) in [7, 11) is 0. The van der Waals surface area contributed by atoms with Crippen LogP contribution >= 0.6 is 11.3 Å². The number of carbonyl (C=O) groups is 2. The Morgan fingerprint density at radius 3 is 2.50 bits per heavy atom. The molecular weight excluding hydrogens is 396 g/mol. The molecule has 2 fully saturated rings. The number of carbonyl (C=O) groups excluding carboxylic acids is 2. The van der Waals surface area contributed by atoms with Gasteiger partial charge in [0.15, 0.2) is 0 Å². The van der Waals surface area contributed by atoms with E-state index in [2.05, 4.69) is 24.3 Å². The summed E-state index contributed by atoms with van der Waals surface area (Å²) in [5, 5.41) is 1.96. The number of hydrogen-bond donors (Lipinski definition) is 0. The number of benzene rings is 1. The van der Waals surface area contributed by atoms with E-state index in [1.165, 1.54) is 22.5 Å². The first-order valence-corrected chi connectivity index (χ1v) is 11.8. The van der Waals surface area contributed by atoms with Gasteiger partial charge >= 0.3 is 0 Å². The maximum absolute atomic E-state index is 12.9. The Morgan fingerprint density at radius 2 is 1.77 bits per heavy atom. The molecular formula is C24H28N2O3S. The van der Waals surface area contributed by atoms with Gasteiger partial charge in [-0.15, -0.1) is 11.3 Å². The largest absolute Gasteiger partial charge is 0.378 e. The molecule has 158 valence electrons. The summed E-state index contributed by atoms with van der Waals surface area (Å²) in [6.07, 6.45) is 3.55. The average Bonchev–Trinajstić information content (AvgIpc) is 3.43. The molecule has 0 radical (unpaired) electrons. The standard InChI is InChI=1S/C24H28N2O3S/c27-22(25-11-13-29-14-12-25)16-18-17-24(20-5-2-1-4-19(18)20)7-9-26(10-8-24)23(28)21-6-3-15-30-21/h1-6,15,18H,7-14,16-17H2/t18-/m0/s1. The van der Waals surface area contributed by atoms with Gasteiger partial charge in [0.25, 0.3) is 5.91 Å². The summed E-state index contributed by atoms with van der Waals surface area (Å²) < 4.78 is 5.40. The number of ether oxygens (including phenoxy) is 1. The lowest BCUT2D eigenvalue weighted by atomic mass is 9.73. The minimum Gasteiger partial charge on any atom is -0.378 e.